The van der Waals surface area contributed by atoms with E-state index in [1.165, 1.54) is 11.3 Å². The highest BCUT2D eigenvalue weighted by Gasteiger charge is 2.23. The van der Waals surface area contributed by atoms with Crippen LogP contribution in [-0.4, -0.2) is 46.3 Å². The van der Waals surface area contributed by atoms with Crippen LogP contribution in [0.4, 0.5) is 10.7 Å². The molecule has 0 saturated carbocycles. The van der Waals surface area contributed by atoms with Crippen LogP contribution < -0.4 is 19.7 Å². The van der Waals surface area contributed by atoms with Gasteiger partial charge >= 0.3 is 5.97 Å². The SMILES string of the molecule is CCOC(=O)c1c(NC(=O)CN(C)c2ccc(OC)c(OC)c2)sc(C)c1CC. The lowest BCUT2D eigenvalue weighted by molar-refractivity contribution is -0.114. The minimum absolute atomic E-state index is 0.107. The number of hydrogen-bond acceptors (Lipinski definition) is 7. The van der Waals surface area contributed by atoms with Gasteiger partial charge in [-0.3, -0.25) is 4.79 Å². The van der Waals surface area contributed by atoms with E-state index < -0.39 is 5.97 Å². The summed E-state index contributed by atoms with van der Waals surface area (Å²) in [7, 11) is 4.95. The Morgan fingerprint density at radius 2 is 1.83 bits per heavy atom. The molecule has 0 atom stereocenters. The van der Waals surface area contributed by atoms with Crippen LogP contribution >= 0.6 is 11.3 Å². The van der Waals surface area contributed by atoms with E-state index in [1.807, 2.05) is 27.0 Å². The Hall–Kier alpha value is -2.74. The second kappa shape index (κ2) is 10.2. The van der Waals surface area contributed by atoms with Gasteiger partial charge in [0.2, 0.25) is 5.91 Å². The molecule has 1 aromatic heterocycles. The fourth-order valence-corrected chi connectivity index (χ4v) is 4.20. The molecule has 0 radical (unpaired) electrons. The quantitative estimate of drug-likeness (QED) is 0.620. The molecule has 1 amide bonds. The highest BCUT2D eigenvalue weighted by atomic mass is 32.1. The Morgan fingerprint density at radius 1 is 1.14 bits per heavy atom. The molecular formula is C21H28N2O5S. The van der Waals surface area contributed by atoms with E-state index in [-0.39, 0.29) is 19.1 Å². The molecule has 0 saturated heterocycles. The van der Waals surface area contributed by atoms with Gasteiger partial charge in [0.25, 0.3) is 0 Å². The molecular weight excluding hydrogens is 392 g/mol. The number of rotatable bonds is 9. The summed E-state index contributed by atoms with van der Waals surface area (Å²) in [6.07, 6.45) is 0.692. The van der Waals surface area contributed by atoms with Crippen molar-refractivity contribution in [3.63, 3.8) is 0 Å². The van der Waals surface area contributed by atoms with E-state index >= 15 is 0 Å². The van der Waals surface area contributed by atoms with Crippen molar-refractivity contribution < 1.29 is 23.8 Å². The topological polar surface area (TPSA) is 77.1 Å². The first-order valence-corrected chi connectivity index (χ1v) is 10.2. The van der Waals surface area contributed by atoms with Crippen molar-refractivity contribution in [2.24, 2.45) is 0 Å². The van der Waals surface area contributed by atoms with Gasteiger partial charge < -0.3 is 24.4 Å². The summed E-state index contributed by atoms with van der Waals surface area (Å²) in [5.74, 6) is 0.576. The van der Waals surface area contributed by atoms with Crippen LogP contribution in [0.25, 0.3) is 0 Å². The number of thiophene rings is 1. The molecule has 8 heteroatoms. The smallest absolute Gasteiger partial charge is 0.341 e. The van der Waals surface area contributed by atoms with Gasteiger partial charge in [0.05, 0.1) is 32.9 Å². The van der Waals surface area contributed by atoms with Crippen LogP contribution in [0.1, 0.15) is 34.6 Å². The summed E-state index contributed by atoms with van der Waals surface area (Å²) < 4.78 is 15.7. The number of hydrogen-bond donors (Lipinski definition) is 1. The first-order chi connectivity index (χ1) is 13.9. The molecule has 1 N–H and O–H groups in total. The number of methoxy groups -OCH3 is 2. The number of nitrogens with one attached hydrogen (secondary N) is 1. The molecule has 0 aliphatic carbocycles. The lowest BCUT2D eigenvalue weighted by Crippen LogP contribution is -2.30. The summed E-state index contributed by atoms with van der Waals surface area (Å²) >= 11 is 1.39. The average molecular weight is 421 g/mol. The molecule has 2 aromatic rings. The Balaban J connectivity index is 2.18. The molecule has 7 nitrogen and oxygen atoms in total. The summed E-state index contributed by atoms with van der Waals surface area (Å²) in [6.45, 7) is 6.08. The van der Waals surface area contributed by atoms with Gasteiger partial charge in [-0.2, -0.15) is 0 Å². The normalized spacial score (nSPS) is 10.4. The van der Waals surface area contributed by atoms with E-state index in [2.05, 4.69) is 5.32 Å². The van der Waals surface area contributed by atoms with Crippen molar-refractivity contribution in [2.45, 2.75) is 27.2 Å². The maximum atomic E-state index is 12.7. The second-order valence-corrected chi connectivity index (χ2v) is 7.58. The van der Waals surface area contributed by atoms with Crippen LogP contribution in [0, 0.1) is 6.92 Å². The molecule has 0 bridgehead atoms. The molecule has 29 heavy (non-hydrogen) atoms. The number of aryl methyl sites for hydroxylation is 1. The lowest BCUT2D eigenvalue weighted by Gasteiger charge is -2.20. The lowest BCUT2D eigenvalue weighted by atomic mass is 10.1. The van der Waals surface area contributed by atoms with Crippen molar-refractivity contribution >= 4 is 33.9 Å². The number of amides is 1. The zero-order chi connectivity index (χ0) is 21.6. The van der Waals surface area contributed by atoms with Crippen molar-refractivity contribution in [2.75, 3.05) is 44.6 Å². The molecule has 0 aliphatic rings. The number of anilines is 2. The van der Waals surface area contributed by atoms with Crippen molar-refractivity contribution in [1.82, 2.24) is 0 Å². The number of ether oxygens (including phenoxy) is 3. The van der Waals surface area contributed by atoms with Crippen molar-refractivity contribution in [3.8, 4) is 11.5 Å². The summed E-state index contributed by atoms with van der Waals surface area (Å²) in [6, 6.07) is 5.45. The maximum absolute atomic E-state index is 12.7. The molecule has 2 rings (SSSR count). The number of carbonyl (C=O) groups excluding carboxylic acids is 2. The van der Waals surface area contributed by atoms with E-state index in [0.29, 0.717) is 28.5 Å². The van der Waals surface area contributed by atoms with Crippen LogP contribution in [0.15, 0.2) is 18.2 Å². The average Bonchev–Trinajstić information content (AvgIpc) is 3.01. The Kier molecular flexibility index (Phi) is 7.90. The second-order valence-electron chi connectivity index (χ2n) is 6.36. The first kappa shape index (κ1) is 22.5. The summed E-state index contributed by atoms with van der Waals surface area (Å²) in [5, 5.41) is 3.41. The number of nitrogens with zero attached hydrogens (tertiary/aromatic N) is 1. The largest absolute Gasteiger partial charge is 0.493 e. The van der Waals surface area contributed by atoms with E-state index in [9.17, 15) is 9.59 Å². The van der Waals surface area contributed by atoms with Crippen molar-refractivity contribution in [1.29, 1.82) is 0 Å². The van der Waals surface area contributed by atoms with Crippen molar-refractivity contribution in [3.05, 3.63) is 34.2 Å². The highest BCUT2D eigenvalue weighted by molar-refractivity contribution is 7.16. The van der Waals surface area contributed by atoms with Gasteiger partial charge in [-0.05, 0) is 38.0 Å². The molecule has 0 spiro atoms. The van der Waals surface area contributed by atoms with E-state index in [4.69, 9.17) is 14.2 Å². The monoisotopic (exact) mass is 420 g/mol. The molecule has 1 heterocycles. The predicted molar refractivity (Wildman–Crippen MR) is 116 cm³/mol. The standard InChI is InChI=1S/C21H28N2O5S/c1-7-15-13(3)29-20(19(15)21(25)28-8-2)22-18(24)12-23(4)14-9-10-16(26-5)17(11-14)27-6/h9-11H,7-8,12H2,1-6H3,(H,22,24). The number of carbonyl (C=O) groups is 2. The van der Waals surface area contributed by atoms with Gasteiger partial charge in [0.1, 0.15) is 5.00 Å². The van der Waals surface area contributed by atoms with Crippen LogP contribution in [0.3, 0.4) is 0 Å². The molecule has 158 valence electrons. The maximum Gasteiger partial charge on any atom is 0.341 e. The molecule has 0 fully saturated rings. The summed E-state index contributed by atoms with van der Waals surface area (Å²) in [5.41, 5.74) is 2.18. The zero-order valence-electron chi connectivity index (χ0n) is 17.8. The number of benzene rings is 1. The fraction of sp³-hybridized carbons (Fsp3) is 0.429. The minimum atomic E-state index is -0.405. The zero-order valence-corrected chi connectivity index (χ0v) is 18.6. The van der Waals surface area contributed by atoms with Gasteiger partial charge in [0.15, 0.2) is 11.5 Å². The van der Waals surface area contributed by atoms with Gasteiger partial charge in [0, 0.05) is 23.7 Å². The van der Waals surface area contributed by atoms with E-state index in [1.54, 1.807) is 38.2 Å². The highest BCUT2D eigenvalue weighted by Crippen LogP contribution is 2.34. The predicted octanol–water partition coefficient (Wildman–Crippen LogP) is 3.89. The molecule has 0 aliphatic heterocycles. The summed E-state index contributed by atoms with van der Waals surface area (Å²) in [4.78, 5) is 27.9. The number of likely N-dealkylation sites (N-methyl/N-ethyl adjacent to an activating group) is 1. The van der Waals surface area contributed by atoms with Gasteiger partial charge in [-0.15, -0.1) is 11.3 Å². The van der Waals surface area contributed by atoms with Crippen LogP contribution in [0.5, 0.6) is 11.5 Å². The Labute approximate surface area is 175 Å². The number of esters is 1. The minimum Gasteiger partial charge on any atom is -0.493 e. The fourth-order valence-electron chi connectivity index (χ4n) is 3.05. The molecule has 0 unspecified atom stereocenters. The van der Waals surface area contributed by atoms with Crippen LogP contribution in [0.2, 0.25) is 0 Å². The van der Waals surface area contributed by atoms with Crippen LogP contribution in [-0.2, 0) is 16.0 Å². The Morgan fingerprint density at radius 3 is 2.41 bits per heavy atom. The van der Waals surface area contributed by atoms with Gasteiger partial charge in [-0.1, -0.05) is 6.92 Å². The van der Waals surface area contributed by atoms with E-state index in [0.717, 1.165) is 16.1 Å². The Bertz CT molecular complexity index is 878. The third-order valence-corrected chi connectivity index (χ3v) is 5.55. The molecule has 1 aromatic carbocycles. The van der Waals surface area contributed by atoms with Gasteiger partial charge in [-0.25, -0.2) is 4.79 Å². The third kappa shape index (κ3) is 5.20. The first-order valence-electron chi connectivity index (χ1n) is 9.38. The third-order valence-electron chi connectivity index (χ3n) is 4.48.